The van der Waals surface area contributed by atoms with E-state index in [-0.39, 0.29) is 11.6 Å². The number of benzene rings is 2. The van der Waals surface area contributed by atoms with Crippen molar-refractivity contribution in [2.45, 2.75) is 38.2 Å². The average Bonchev–Trinajstić information content (AvgIpc) is 3.19. The Labute approximate surface area is 177 Å². The minimum Gasteiger partial charge on any atom is -0.497 e. The molecular formula is C24H29N3O3. The van der Waals surface area contributed by atoms with Crippen LogP contribution in [0.1, 0.15) is 37.3 Å². The molecule has 2 heterocycles. The molecule has 6 heteroatoms. The summed E-state index contributed by atoms with van der Waals surface area (Å²) in [5, 5.41) is 3.09. The second-order valence-corrected chi connectivity index (χ2v) is 7.88. The molecule has 0 unspecified atom stereocenters. The Kier molecular flexibility index (Phi) is 5.95. The molecule has 2 aliphatic rings. The first-order valence-corrected chi connectivity index (χ1v) is 10.6. The maximum absolute atomic E-state index is 12.8. The highest BCUT2D eigenvalue weighted by Crippen LogP contribution is 2.35. The number of amides is 2. The molecule has 1 spiro atoms. The van der Waals surface area contributed by atoms with Gasteiger partial charge in [-0.1, -0.05) is 43.7 Å². The molecule has 0 bridgehead atoms. The lowest BCUT2D eigenvalue weighted by Gasteiger charge is -2.36. The first kappa shape index (κ1) is 20.3. The van der Waals surface area contributed by atoms with Crippen LogP contribution in [0.25, 0.3) is 5.70 Å². The Hall–Kier alpha value is -2.99. The van der Waals surface area contributed by atoms with Crippen molar-refractivity contribution >= 4 is 17.4 Å². The molecule has 158 valence electrons. The van der Waals surface area contributed by atoms with E-state index in [1.807, 2.05) is 47.4 Å². The number of carbonyl (C=O) groups excluding carboxylic acids is 1. The Morgan fingerprint density at radius 2 is 2.00 bits per heavy atom. The molecule has 6 nitrogen and oxygen atoms in total. The number of hydrogen-bond donors (Lipinski definition) is 2. The van der Waals surface area contributed by atoms with E-state index in [9.17, 15) is 4.79 Å². The van der Waals surface area contributed by atoms with Crippen LogP contribution in [-0.4, -0.2) is 36.7 Å². The van der Waals surface area contributed by atoms with Crippen LogP contribution in [-0.2, 0) is 11.3 Å². The van der Waals surface area contributed by atoms with Crippen molar-refractivity contribution in [1.29, 1.82) is 0 Å². The molecule has 2 aromatic carbocycles. The Balaban J connectivity index is 1.39. The van der Waals surface area contributed by atoms with Crippen LogP contribution in [0.4, 0.5) is 10.5 Å². The summed E-state index contributed by atoms with van der Waals surface area (Å²) >= 11 is 0. The number of carbonyl (C=O) groups is 1. The molecule has 1 fully saturated rings. The SMILES string of the molecule is CCCc1ccccc1NC(=O)N1CCC2(C=C(c3cccc(OC)c3)NO2)CC1. The van der Waals surface area contributed by atoms with Crippen molar-refractivity contribution in [3.63, 3.8) is 0 Å². The van der Waals surface area contributed by atoms with E-state index >= 15 is 0 Å². The number of urea groups is 1. The van der Waals surface area contributed by atoms with Gasteiger partial charge in [0.25, 0.3) is 0 Å². The maximum Gasteiger partial charge on any atom is 0.321 e. The molecule has 2 aliphatic heterocycles. The zero-order valence-corrected chi connectivity index (χ0v) is 17.6. The first-order chi connectivity index (χ1) is 14.6. The lowest BCUT2D eigenvalue weighted by molar-refractivity contribution is -0.0634. The van der Waals surface area contributed by atoms with Gasteiger partial charge in [0.2, 0.25) is 0 Å². The van der Waals surface area contributed by atoms with Gasteiger partial charge in [-0.3, -0.25) is 10.3 Å². The third kappa shape index (κ3) is 4.28. The number of likely N-dealkylation sites (tertiary alicyclic amines) is 1. The minimum atomic E-state index is -0.380. The summed E-state index contributed by atoms with van der Waals surface area (Å²) in [6.45, 7) is 3.43. The number of nitrogens with zero attached hydrogens (tertiary/aromatic N) is 1. The molecule has 0 aliphatic carbocycles. The minimum absolute atomic E-state index is 0.0450. The third-order valence-electron chi connectivity index (χ3n) is 5.83. The molecule has 0 radical (unpaired) electrons. The zero-order chi connectivity index (χ0) is 21.0. The monoisotopic (exact) mass is 407 g/mol. The fourth-order valence-corrected chi connectivity index (χ4v) is 4.07. The summed E-state index contributed by atoms with van der Waals surface area (Å²) in [6, 6.07) is 15.9. The number of ether oxygens (including phenoxy) is 1. The topological polar surface area (TPSA) is 62.8 Å². The van der Waals surface area contributed by atoms with Gasteiger partial charge in [-0.2, -0.15) is 0 Å². The standard InChI is InChI=1S/C24H29N3O3/c1-3-7-18-8-4-5-11-21(18)25-23(28)27-14-12-24(13-15-27)17-22(26-30-24)19-9-6-10-20(16-19)29-2/h4-6,8-11,16-17,26H,3,7,12-15H2,1-2H3,(H,25,28). The van der Waals surface area contributed by atoms with Gasteiger partial charge in [0.1, 0.15) is 11.4 Å². The van der Waals surface area contributed by atoms with E-state index in [2.05, 4.69) is 29.9 Å². The van der Waals surface area contributed by atoms with Crippen LogP contribution < -0.4 is 15.5 Å². The average molecular weight is 408 g/mol. The number of hydrogen-bond acceptors (Lipinski definition) is 4. The van der Waals surface area contributed by atoms with Crippen molar-refractivity contribution in [2.75, 3.05) is 25.5 Å². The lowest BCUT2D eigenvalue weighted by atomic mass is 9.90. The predicted molar refractivity (Wildman–Crippen MR) is 118 cm³/mol. The summed E-state index contributed by atoms with van der Waals surface area (Å²) in [4.78, 5) is 20.7. The van der Waals surface area contributed by atoms with Crippen molar-refractivity contribution in [3.8, 4) is 5.75 Å². The number of nitrogens with one attached hydrogen (secondary N) is 2. The molecule has 2 N–H and O–H groups in total. The van der Waals surface area contributed by atoms with E-state index < -0.39 is 0 Å². The molecular weight excluding hydrogens is 378 g/mol. The summed E-state index contributed by atoms with van der Waals surface area (Å²) in [5.41, 5.74) is 6.75. The van der Waals surface area contributed by atoms with Crippen molar-refractivity contribution in [1.82, 2.24) is 10.4 Å². The van der Waals surface area contributed by atoms with Gasteiger partial charge in [0.15, 0.2) is 0 Å². The van der Waals surface area contributed by atoms with Gasteiger partial charge in [0, 0.05) is 37.2 Å². The normalized spacial score (nSPS) is 17.4. The van der Waals surface area contributed by atoms with E-state index in [1.54, 1.807) is 7.11 Å². The number of aryl methyl sites for hydroxylation is 1. The predicted octanol–water partition coefficient (Wildman–Crippen LogP) is 4.59. The molecule has 2 aromatic rings. The highest BCUT2D eigenvalue weighted by Gasteiger charge is 2.40. The number of methoxy groups -OCH3 is 1. The summed E-state index contributed by atoms with van der Waals surface area (Å²) < 4.78 is 5.32. The van der Waals surface area contributed by atoms with Crippen LogP contribution >= 0.6 is 0 Å². The number of anilines is 1. The van der Waals surface area contributed by atoms with Crippen molar-refractivity contribution < 1.29 is 14.4 Å². The summed E-state index contributed by atoms with van der Waals surface area (Å²) in [7, 11) is 1.66. The molecule has 0 atom stereocenters. The number of para-hydroxylation sites is 1. The lowest BCUT2D eigenvalue weighted by Crippen LogP contribution is -2.48. The second kappa shape index (κ2) is 8.79. The van der Waals surface area contributed by atoms with Gasteiger partial charge in [-0.15, -0.1) is 0 Å². The Bertz CT molecular complexity index is 933. The van der Waals surface area contributed by atoms with E-state index in [0.29, 0.717) is 13.1 Å². The van der Waals surface area contributed by atoms with Gasteiger partial charge < -0.3 is 15.0 Å². The molecule has 0 aromatic heterocycles. The summed E-state index contributed by atoms with van der Waals surface area (Å²) in [6.07, 6.45) is 5.64. The van der Waals surface area contributed by atoms with Crippen LogP contribution in [0.3, 0.4) is 0 Å². The number of hydroxylamine groups is 1. The first-order valence-electron chi connectivity index (χ1n) is 10.6. The van der Waals surface area contributed by atoms with Crippen molar-refractivity contribution in [3.05, 3.63) is 65.7 Å². The molecule has 2 amide bonds. The third-order valence-corrected chi connectivity index (χ3v) is 5.83. The quantitative estimate of drug-likeness (QED) is 0.761. The van der Waals surface area contributed by atoms with E-state index in [0.717, 1.165) is 48.4 Å². The van der Waals surface area contributed by atoms with Crippen LogP contribution in [0.2, 0.25) is 0 Å². The largest absolute Gasteiger partial charge is 0.497 e. The maximum atomic E-state index is 12.8. The smallest absolute Gasteiger partial charge is 0.321 e. The second-order valence-electron chi connectivity index (χ2n) is 7.88. The van der Waals surface area contributed by atoms with Gasteiger partial charge in [-0.25, -0.2) is 4.79 Å². The molecule has 4 rings (SSSR count). The highest BCUT2D eigenvalue weighted by atomic mass is 16.7. The molecule has 1 saturated heterocycles. The molecule has 30 heavy (non-hydrogen) atoms. The highest BCUT2D eigenvalue weighted by molar-refractivity contribution is 5.90. The zero-order valence-electron chi connectivity index (χ0n) is 17.6. The Morgan fingerprint density at radius 1 is 1.20 bits per heavy atom. The van der Waals surface area contributed by atoms with Gasteiger partial charge >= 0.3 is 6.03 Å². The molecule has 0 saturated carbocycles. The fourth-order valence-electron chi connectivity index (χ4n) is 4.07. The van der Waals surface area contributed by atoms with E-state index in [1.165, 1.54) is 5.56 Å². The Morgan fingerprint density at radius 3 is 2.77 bits per heavy atom. The van der Waals surface area contributed by atoms with Gasteiger partial charge in [0.05, 0.1) is 12.8 Å². The van der Waals surface area contributed by atoms with Crippen LogP contribution in [0.5, 0.6) is 5.75 Å². The van der Waals surface area contributed by atoms with Crippen LogP contribution in [0.15, 0.2) is 54.6 Å². The van der Waals surface area contributed by atoms with E-state index in [4.69, 9.17) is 9.57 Å². The summed E-state index contributed by atoms with van der Waals surface area (Å²) in [5.74, 6) is 0.811. The number of piperidine rings is 1. The fraction of sp³-hybridized carbons (Fsp3) is 0.375. The van der Waals surface area contributed by atoms with Gasteiger partial charge in [-0.05, 0) is 36.3 Å². The van der Waals surface area contributed by atoms with Crippen molar-refractivity contribution in [2.24, 2.45) is 0 Å². The van der Waals surface area contributed by atoms with Crippen LogP contribution in [0, 0.1) is 0 Å². The number of rotatable bonds is 5.